The van der Waals surface area contributed by atoms with Crippen LogP contribution in [0.1, 0.15) is 59.8 Å². The molecule has 0 heterocycles. The van der Waals surface area contributed by atoms with Crippen LogP contribution in [0.5, 0.6) is 0 Å². The van der Waals surface area contributed by atoms with Crippen molar-refractivity contribution in [1.29, 1.82) is 0 Å². The Morgan fingerprint density at radius 1 is 1.24 bits per heavy atom. The van der Waals surface area contributed by atoms with E-state index in [-0.39, 0.29) is 0 Å². The third kappa shape index (κ3) is 5.21. The fourth-order valence-electron chi connectivity index (χ4n) is 3.00. The minimum atomic E-state index is 0.462. The zero-order chi connectivity index (χ0) is 12.9. The third-order valence-electron chi connectivity index (χ3n) is 4.24. The average Bonchev–Trinajstić information content (AvgIpc) is 2.28. The summed E-state index contributed by atoms with van der Waals surface area (Å²) in [6.07, 6.45) is 9.16. The van der Waals surface area contributed by atoms with Gasteiger partial charge in [0, 0.05) is 11.3 Å². The monoisotopic (exact) mass is 257 g/mol. The zero-order valence-electron chi connectivity index (χ0n) is 12.4. The van der Waals surface area contributed by atoms with E-state index in [0.717, 1.165) is 17.2 Å². The molecular weight excluding hydrogens is 226 g/mol. The number of hydrogen-bond donors (Lipinski definition) is 1. The lowest BCUT2D eigenvalue weighted by Gasteiger charge is -2.41. The molecule has 0 bridgehead atoms. The van der Waals surface area contributed by atoms with Crippen molar-refractivity contribution in [3.63, 3.8) is 0 Å². The minimum Gasteiger partial charge on any atom is -0.314 e. The molecule has 102 valence electrons. The first-order chi connectivity index (χ1) is 7.95. The molecule has 0 aromatic carbocycles. The Balaban J connectivity index is 2.38. The van der Waals surface area contributed by atoms with Crippen LogP contribution in [0.4, 0.5) is 0 Å². The summed E-state index contributed by atoms with van der Waals surface area (Å²) in [7, 11) is 0. The van der Waals surface area contributed by atoms with Gasteiger partial charge < -0.3 is 5.32 Å². The highest BCUT2D eigenvalue weighted by Gasteiger charge is 2.33. The van der Waals surface area contributed by atoms with Crippen LogP contribution >= 0.6 is 11.8 Å². The molecule has 0 amide bonds. The quantitative estimate of drug-likeness (QED) is 0.787. The van der Waals surface area contributed by atoms with E-state index < -0.39 is 0 Å². The van der Waals surface area contributed by atoms with Crippen LogP contribution in [0, 0.1) is 11.3 Å². The second-order valence-corrected chi connectivity index (χ2v) is 7.93. The molecule has 0 spiro atoms. The molecule has 17 heavy (non-hydrogen) atoms. The van der Waals surface area contributed by atoms with Gasteiger partial charge in [-0.3, -0.25) is 0 Å². The first-order valence-electron chi connectivity index (χ1n) is 7.21. The Kier molecular flexibility index (Phi) is 6.36. The van der Waals surface area contributed by atoms with Gasteiger partial charge in [-0.1, -0.05) is 40.5 Å². The van der Waals surface area contributed by atoms with E-state index in [1.807, 2.05) is 11.8 Å². The highest BCUT2D eigenvalue weighted by molar-refractivity contribution is 7.99. The molecular formula is C15H31NS. The molecule has 0 aliphatic heterocycles. The van der Waals surface area contributed by atoms with E-state index in [2.05, 4.69) is 39.3 Å². The third-order valence-corrected chi connectivity index (χ3v) is 5.28. The summed E-state index contributed by atoms with van der Waals surface area (Å²) in [5.41, 5.74) is 0.462. The van der Waals surface area contributed by atoms with Gasteiger partial charge in [0.2, 0.25) is 0 Å². The SMILES string of the molecule is CSC(C)CCNC1CCCCC1C(C)(C)C. The lowest BCUT2D eigenvalue weighted by atomic mass is 9.69. The van der Waals surface area contributed by atoms with Gasteiger partial charge in [-0.15, -0.1) is 0 Å². The van der Waals surface area contributed by atoms with E-state index in [0.29, 0.717) is 5.41 Å². The Labute approximate surface area is 113 Å². The summed E-state index contributed by atoms with van der Waals surface area (Å²) < 4.78 is 0. The molecule has 2 heteroatoms. The van der Waals surface area contributed by atoms with Crippen LogP contribution in [0.15, 0.2) is 0 Å². The molecule has 1 N–H and O–H groups in total. The molecule has 3 unspecified atom stereocenters. The van der Waals surface area contributed by atoms with Gasteiger partial charge in [0.1, 0.15) is 0 Å². The fourth-order valence-corrected chi connectivity index (χ4v) is 3.36. The number of nitrogens with one attached hydrogen (secondary N) is 1. The Morgan fingerprint density at radius 3 is 2.47 bits per heavy atom. The number of rotatable bonds is 5. The smallest absolute Gasteiger partial charge is 0.0100 e. The van der Waals surface area contributed by atoms with Crippen LogP contribution in [0.25, 0.3) is 0 Å². The molecule has 1 aliphatic rings. The molecule has 1 aliphatic carbocycles. The topological polar surface area (TPSA) is 12.0 Å². The van der Waals surface area contributed by atoms with Crippen LogP contribution < -0.4 is 5.32 Å². The van der Waals surface area contributed by atoms with Crippen molar-refractivity contribution in [2.24, 2.45) is 11.3 Å². The van der Waals surface area contributed by atoms with Gasteiger partial charge in [0.25, 0.3) is 0 Å². The predicted molar refractivity (Wildman–Crippen MR) is 80.8 cm³/mol. The molecule has 1 rings (SSSR count). The molecule has 3 atom stereocenters. The Hall–Kier alpha value is 0.310. The molecule has 1 nitrogen and oxygen atoms in total. The van der Waals surface area contributed by atoms with Crippen LogP contribution in [0.3, 0.4) is 0 Å². The summed E-state index contributed by atoms with van der Waals surface area (Å²) in [5.74, 6) is 0.862. The molecule has 0 radical (unpaired) electrons. The van der Waals surface area contributed by atoms with Crippen molar-refractivity contribution < 1.29 is 0 Å². The van der Waals surface area contributed by atoms with Crippen molar-refractivity contribution in [2.75, 3.05) is 12.8 Å². The van der Waals surface area contributed by atoms with Gasteiger partial charge in [-0.25, -0.2) is 0 Å². The average molecular weight is 257 g/mol. The van der Waals surface area contributed by atoms with Crippen molar-refractivity contribution >= 4 is 11.8 Å². The van der Waals surface area contributed by atoms with E-state index in [4.69, 9.17) is 0 Å². The second kappa shape index (κ2) is 7.04. The van der Waals surface area contributed by atoms with Gasteiger partial charge in [0.15, 0.2) is 0 Å². The van der Waals surface area contributed by atoms with E-state index in [9.17, 15) is 0 Å². The van der Waals surface area contributed by atoms with Crippen LogP contribution in [0.2, 0.25) is 0 Å². The highest BCUT2D eigenvalue weighted by atomic mass is 32.2. The second-order valence-electron chi connectivity index (χ2n) is 6.65. The highest BCUT2D eigenvalue weighted by Crippen LogP contribution is 2.37. The summed E-state index contributed by atoms with van der Waals surface area (Å²) in [6, 6.07) is 0.762. The predicted octanol–water partition coefficient (Wildman–Crippen LogP) is 4.32. The fraction of sp³-hybridized carbons (Fsp3) is 1.00. The van der Waals surface area contributed by atoms with Crippen LogP contribution in [-0.4, -0.2) is 24.1 Å². The summed E-state index contributed by atoms with van der Waals surface area (Å²) in [6.45, 7) is 10.7. The first-order valence-corrected chi connectivity index (χ1v) is 8.50. The largest absolute Gasteiger partial charge is 0.314 e. The maximum atomic E-state index is 3.83. The molecule has 0 aromatic rings. The molecule has 0 saturated heterocycles. The van der Waals surface area contributed by atoms with Crippen molar-refractivity contribution in [3.8, 4) is 0 Å². The summed E-state index contributed by atoms with van der Waals surface area (Å²) in [4.78, 5) is 0. The van der Waals surface area contributed by atoms with Crippen molar-refractivity contribution in [3.05, 3.63) is 0 Å². The standard InChI is InChI=1S/C15H31NS/c1-12(17-5)10-11-16-14-9-7-6-8-13(14)15(2,3)4/h12-14,16H,6-11H2,1-5H3. The zero-order valence-corrected chi connectivity index (χ0v) is 13.2. The van der Waals surface area contributed by atoms with Crippen LogP contribution in [-0.2, 0) is 0 Å². The molecule has 0 aromatic heterocycles. The number of thioether (sulfide) groups is 1. The molecule has 1 saturated carbocycles. The Bertz CT molecular complexity index is 209. The van der Waals surface area contributed by atoms with Gasteiger partial charge in [-0.05, 0) is 43.4 Å². The van der Waals surface area contributed by atoms with Gasteiger partial charge >= 0.3 is 0 Å². The summed E-state index contributed by atoms with van der Waals surface area (Å²) >= 11 is 1.98. The lowest BCUT2D eigenvalue weighted by molar-refractivity contribution is 0.131. The molecule has 1 fully saturated rings. The maximum absolute atomic E-state index is 3.83. The van der Waals surface area contributed by atoms with E-state index in [1.165, 1.54) is 38.6 Å². The van der Waals surface area contributed by atoms with E-state index in [1.54, 1.807) is 0 Å². The Morgan fingerprint density at radius 2 is 1.88 bits per heavy atom. The van der Waals surface area contributed by atoms with Crippen molar-refractivity contribution in [1.82, 2.24) is 5.32 Å². The van der Waals surface area contributed by atoms with Crippen molar-refractivity contribution in [2.45, 2.75) is 71.1 Å². The lowest BCUT2D eigenvalue weighted by Crippen LogP contribution is -2.44. The number of hydrogen-bond acceptors (Lipinski definition) is 2. The maximum Gasteiger partial charge on any atom is 0.0100 e. The van der Waals surface area contributed by atoms with Gasteiger partial charge in [0.05, 0.1) is 0 Å². The summed E-state index contributed by atoms with van der Waals surface area (Å²) in [5, 5.41) is 4.62. The minimum absolute atomic E-state index is 0.462. The van der Waals surface area contributed by atoms with Gasteiger partial charge in [-0.2, -0.15) is 11.8 Å². The normalized spacial score (nSPS) is 28.1. The van der Waals surface area contributed by atoms with E-state index >= 15 is 0 Å². The first kappa shape index (κ1) is 15.4.